The molecule has 2 N–H and O–H groups in total. The van der Waals surface area contributed by atoms with Crippen molar-refractivity contribution in [2.75, 3.05) is 0 Å². The predicted octanol–water partition coefficient (Wildman–Crippen LogP) is 6.31. The molecule has 2 atom stereocenters. The quantitative estimate of drug-likeness (QED) is 0.586. The fourth-order valence-electron chi connectivity index (χ4n) is 3.01. The molecule has 0 saturated heterocycles. The minimum absolute atomic E-state index is 0.263. The Labute approximate surface area is 148 Å². The first kappa shape index (κ1) is 17.4. The standard InChI is InChI=1S/C18H20Br2O2/c1-3-13(11-5-7-17(21)15(19)9-11)14(4-2)12-6-8-18(22)16(20)10-12/h5-10,13-14,21-22H,3-4H2,1-2H3/t13-,14+. The smallest absolute Gasteiger partial charge is 0.129 e. The van der Waals surface area contributed by atoms with Crippen molar-refractivity contribution in [3.8, 4) is 11.5 Å². The minimum atomic E-state index is 0.263. The summed E-state index contributed by atoms with van der Waals surface area (Å²) in [4.78, 5) is 0. The van der Waals surface area contributed by atoms with Crippen LogP contribution in [-0.2, 0) is 0 Å². The van der Waals surface area contributed by atoms with Crippen LogP contribution in [0.5, 0.6) is 11.5 Å². The van der Waals surface area contributed by atoms with E-state index in [1.165, 1.54) is 11.1 Å². The van der Waals surface area contributed by atoms with Gasteiger partial charge in [-0.1, -0.05) is 26.0 Å². The Morgan fingerprint density at radius 1 is 0.773 bits per heavy atom. The summed E-state index contributed by atoms with van der Waals surface area (Å²) >= 11 is 6.80. The van der Waals surface area contributed by atoms with Gasteiger partial charge in [0.15, 0.2) is 0 Å². The summed E-state index contributed by atoms with van der Waals surface area (Å²) in [6.07, 6.45) is 2.02. The molecule has 0 aliphatic heterocycles. The molecule has 0 fully saturated rings. The molecule has 22 heavy (non-hydrogen) atoms. The van der Waals surface area contributed by atoms with Crippen LogP contribution in [0.3, 0.4) is 0 Å². The molecule has 2 aromatic carbocycles. The number of hydrogen-bond donors (Lipinski definition) is 2. The van der Waals surface area contributed by atoms with Crippen molar-refractivity contribution in [2.45, 2.75) is 38.5 Å². The number of benzene rings is 2. The zero-order valence-electron chi connectivity index (χ0n) is 12.7. The summed E-state index contributed by atoms with van der Waals surface area (Å²) in [6.45, 7) is 4.37. The Balaban J connectivity index is 2.41. The summed E-state index contributed by atoms with van der Waals surface area (Å²) < 4.78 is 1.45. The Morgan fingerprint density at radius 3 is 1.41 bits per heavy atom. The van der Waals surface area contributed by atoms with E-state index >= 15 is 0 Å². The van der Waals surface area contributed by atoms with E-state index in [0.717, 1.165) is 21.8 Å². The molecule has 0 saturated carbocycles. The van der Waals surface area contributed by atoms with Gasteiger partial charge in [-0.3, -0.25) is 0 Å². The molecular weight excluding hydrogens is 408 g/mol. The van der Waals surface area contributed by atoms with E-state index < -0.39 is 0 Å². The maximum atomic E-state index is 9.70. The van der Waals surface area contributed by atoms with Crippen molar-refractivity contribution in [2.24, 2.45) is 0 Å². The highest BCUT2D eigenvalue weighted by Gasteiger charge is 2.23. The van der Waals surface area contributed by atoms with Crippen LogP contribution < -0.4 is 0 Å². The van der Waals surface area contributed by atoms with Crippen LogP contribution in [0.2, 0.25) is 0 Å². The van der Waals surface area contributed by atoms with Gasteiger partial charge in [-0.2, -0.15) is 0 Å². The number of hydrogen-bond acceptors (Lipinski definition) is 2. The van der Waals surface area contributed by atoms with E-state index in [1.807, 2.05) is 24.3 Å². The van der Waals surface area contributed by atoms with Gasteiger partial charge in [-0.25, -0.2) is 0 Å². The number of phenolic OH excluding ortho intramolecular Hbond substituents is 2. The van der Waals surface area contributed by atoms with Crippen LogP contribution in [0.1, 0.15) is 49.7 Å². The maximum absolute atomic E-state index is 9.70. The second-order valence-corrected chi connectivity index (χ2v) is 7.16. The van der Waals surface area contributed by atoms with Crippen LogP contribution in [0.25, 0.3) is 0 Å². The third-order valence-corrected chi connectivity index (χ3v) is 5.44. The molecule has 0 amide bonds. The Hall–Kier alpha value is -1.00. The first-order valence-corrected chi connectivity index (χ1v) is 9.03. The van der Waals surface area contributed by atoms with Crippen molar-refractivity contribution in [1.82, 2.24) is 0 Å². The molecule has 0 radical (unpaired) electrons. The summed E-state index contributed by atoms with van der Waals surface area (Å²) in [5.74, 6) is 1.25. The van der Waals surface area contributed by atoms with Gasteiger partial charge < -0.3 is 10.2 Å². The molecule has 4 heteroatoms. The predicted molar refractivity (Wildman–Crippen MR) is 97.7 cm³/mol. The summed E-state index contributed by atoms with van der Waals surface area (Å²) in [5.41, 5.74) is 2.42. The van der Waals surface area contributed by atoms with Crippen LogP contribution in [0, 0.1) is 0 Å². The molecule has 0 aliphatic rings. The fraction of sp³-hybridized carbons (Fsp3) is 0.333. The molecular formula is C18H20Br2O2. The third-order valence-electron chi connectivity index (χ3n) is 4.17. The second-order valence-electron chi connectivity index (χ2n) is 5.45. The van der Waals surface area contributed by atoms with Gasteiger partial charge in [0.05, 0.1) is 8.95 Å². The van der Waals surface area contributed by atoms with E-state index in [9.17, 15) is 10.2 Å². The van der Waals surface area contributed by atoms with E-state index in [2.05, 4.69) is 45.7 Å². The molecule has 0 unspecified atom stereocenters. The van der Waals surface area contributed by atoms with Gasteiger partial charge in [-0.15, -0.1) is 0 Å². The average Bonchev–Trinajstić information content (AvgIpc) is 2.50. The third kappa shape index (κ3) is 3.66. The molecule has 0 bridgehead atoms. The van der Waals surface area contributed by atoms with E-state index in [0.29, 0.717) is 11.8 Å². The lowest BCUT2D eigenvalue weighted by molar-refractivity contribution is 0.466. The summed E-state index contributed by atoms with van der Waals surface area (Å²) in [7, 11) is 0. The molecule has 2 rings (SSSR count). The highest BCUT2D eigenvalue weighted by atomic mass is 79.9. The highest BCUT2D eigenvalue weighted by molar-refractivity contribution is 9.10. The van der Waals surface area contributed by atoms with Gasteiger partial charge in [0.2, 0.25) is 0 Å². The van der Waals surface area contributed by atoms with Crippen molar-refractivity contribution in [3.05, 3.63) is 56.5 Å². The van der Waals surface area contributed by atoms with Crippen molar-refractivity contribution >= 4 is 31.9 Å². The number of phenols is 2. The molecule has 2 aromatic rings. The average molecular weight is 428 g/mol. The summed E-state index contributed by atoms with van der Waals surface area (Å²) in [6, 6.07) is 11.5. The van der Waals surface area contributed by atoms with E-state index in [4.69, 9.17) is 0 Å². The lowest BCUT2D eigenvalue weighted by Gasteiger charge is -2.27. The van der Waals surface area contributed by atoms with Crippen LogP contribution in [0.15, 0.2) is 45.3 Å². The van der Waals surface area contributed by atoms with Gasteiger partial charge >= 0.3 is 0 Å². The second kappa shape index (κ2) is 7.51. The first-order valence-electron chi connectivity index (χ1n) is 7.44. The number of halogens is 2. The monoisotopic (exact) mass is 426 g/mol. The SMILES string of the molecule is CC[C@H](c1ccc(O)c(Br)c1)[C@@H](CC)c1ccc(O)c(Br)c1. The van der Waals surface area contributed by atoms with Crippen LogP contribution in [0.4, 0.5) is 0 Å². The normalized spacial score (nSPS) is 13.8. The van der Waals surface area contributed by atoms with Crippen molar-refractivity contribution < 1.29 is 10.2 Å². The van der Waals surface area contributed by atoms with Gasteiger partial charge in [-0.05, 0) is 91.9 Å². The number of rotatable bonds is 5. The van der Waals surface area contributed by atoms with Crippen molar-refractivity contribution in [1.29, 1.82) is 0 Å². The van der Waals surface area contributed by atoms with E-state index in [-0.39, 0.29) is 11.5 Å². The Kier molecular flexibility index (Phi) is 5.93. The number of aromatic hydroxyl groups is 2. The zero-order valence-corrected chi connectivity index (χ0v) is 15.9. The van der Waals surface area contributed by atoms with Gasteiger partial charge in [0.25, 0.3) is 0 Å². The Bertz CT molecular complexity index is 598. The lowest BCUT2D eigenvalue weighted by Crippen LogP contribution is -2.10. The molecule has 0 aromatic heterocycles. The maximum Gasteiger partial charge on any atom is 0.129 e. The summed E-state index contributed by atoms with van der Waals surface area (Å²) in [5, 5.41) is 19.4. The molecule has 0 heterocycles. The minimum Gasteiger partial charge on any atom is -0.507 e. The zero-order chi connectivity index (χ0) is 16.3. The topological polar surface area (TPSA) is 40.5 Å². The van der Waals surface area contributed by atoms with E-state index in [1.54, 1.807) is 12.1 Å². The fourth-order valence-corrected chi connectivity index (χ4v) is 3.81. The van der Waals surface area contributed by atoms with Crippen molar-refractivity contribution in [3.63, 3.8) is 0 Å². The molecule has 2 nitrogen and oxygen atoms in total. The largest absolute Gasteiger partial charge is 0.507 e. The van der Waals surface area contributed by atoms with Crippen LogP contribution >= 0.6 is 31.9 Å². The molecule has 118 valence electrons. The lowest BCUT2D eigenvalue weighted by atomic mass is 9.78. The highest BCUT2D eigenvalue weighted by Crippen LogP contribution is 2.41. The first-order chi connectivity index (χ1) is 10.5. The van der Waals surface area contributed by atoms with Crippen LogP contribution in [-0.4, -0.2) is 10.2 Å². The van der Waals surface area contributed by atoms with Gasteiger partial charge in [0, 0.05) is 0 Å². The van der Waals surface area contributed by atoms with Gasteiger partial charge in [0.1, 0.15) is 11.5 Å². The Morgan fingerprint density at radius 2 is 1.14 bits per heavy atom. The molecule has 0 aliphatic carbocycles. The molecule has 0 spiro atoms.